The third-order valence-electron chi connectivity index (χ3n) is 4.55. The standard InChI is InChI=1S/C16H22N2O2/c1-12-5-6-13(10-15(12)19)16(20)18-9-3-8-17-7-2-4-14(17)11-18/h5-6,10,14,19H,2-4,7-9,11H2,1H3. The van der Waals surface area contributed by atoms with Crippen LogP contribution in [0, 0.1) is 6.92 Å². The lowest BCUT2D eigenvalue weighted by Gasteiger charge is -2.25. The summed E-state index contributed by atoms with van der Waals surface area (Å²) in [6.07, 6.45) is 3.49. The molecule has 20 heavy (non-hydrogen) atoms. The summed E-state index contributed by atoms with van der Waals surface area (Å²) < 4.78 is 0. The minimum absolute atomic E-state index is 0.0500. The summed E-state index contributed by atoms with van der Waals surface area (Å²) in [4.78, 5) is 17.1. The van der Waals surface area contributed by atoms with E-state index in [2.05, 4.69) is 4.90 Å². The first-order valence-corrected chi connectivity index (χ1v) is 7.48. The van der Waals surface area contributed by atoms with Crippen molar-refractivity contribution in [2.75, 3.05) is 26.2 Å². The van der Waals surface area contributed by atoms with Crippen LogP contribution in [0.2, 0.25) is 0 Å². The van der Waals surface area contributed by atoms with Gasteiger partial charge >= 0.3 is 0 Å². The van der Waals surface area contributed by atoms with Gasteiger partial charge in [0, 0.05) is 31.2 Å². The van der Waals surface area contributed by atoms with Gasteiger partial charge in [-0.1, -0.05) is 6.07 Å². The molecule has 1 atom stereocenters. The van der Waals surface area contributed by atoms with E-state index in [1.807, 2.05) is 24.0 Å². The molecule has 108 valence electrons. The van der Waals surface area contributed by atoms with Gasteiger partial charge < -0.3 is 10.0 Å². The Bertz CT molecular complexity index is 515. The lowest BCUT2D eigenvalue weighted by atomic mass is 10.1. The minimum Gasteiger partial charge on any atom is -0.508 e. The molecule has 0 aromatic heterocycles. The highest BCUT2D eigenvalue weighted by Gasteiger charge is 2.30. The fourth-order valence-electron chi connectivity index (χ4n) is 3.32. The Hall–Kier alpha value is -1.55. The topological polar surface area (TPSA) is 43.8 Å². The van der Waals surface area contributed by atoms with Gasteiger partial charge in [0.05, 0.1) is 0 Å². The van der Waals surface area contributed by atoms with Crippen molar-refractivity contribution < 1.29 is 9.90 Å². The van der Waals surface area contributed by atoms with Crippen LogP contribution < -0.4 is 0 Å². The molecule has 0 spiro atoms. The largest absolute Gasteiger partial charge is 0.508 e. The summed E-state index contributed by atoms with van der Waals surface area (Å²) in [5.41, 5.74) is 1.40. The van der Waals surface area contributed by atoms with E-state index < -0.39 is 0 Å². The van der Waals surface area contributed by atoms with E-state index in [1.165, 1.54) is 19.4 Å². The molecular weight excluding hydrogens is 252 g/mol. The molecule has 0 aliphatic carbocycles. The summed E-state index contributed by atoms with van der Waals surface area (Å²) in [7, 11) is 0. The molecule has 4 nitrogen and oxygen atoms in total. The first-order valence-electron chi connectivity index (χ1n) is 7.48. The lowest BCUT2D eigenvalue weighted by Crippen LogP contribution is -2.39. The molecule has 2 fully saturated rings. The number of phenolic OH excluding ortho intramolecular Hbond substituents is 1. The van der Waals surface area contributed by atoms with Gasteiger partial charge in [0.1, 0.15) is 5.75 Å². The smallest absolute Gasteiger partial charge is 0.254 e. The number of nitrogens with zero attached hydrogens (tertiary/aromatic N) is 2. The van der Waals surface area contributed by atoms with Gasteiger partial charge in [0.2, 0.25) is 0 Å². The third-order valence-corrected chi connectivity index (χ3v) is 4.55. The zero-order valence-corrected chi connectivity index (χ0v) is 12.0. The Labute approximate surface area is 120 Å². The fraction of sp³-hybridized carbons (Fsp3) is 0.562. The number of amides is 1. The maximum Gasteiger partial charge on any atom is 0.254 e. The maximum absolute atomic E-state index is 12.6. The Morgan fingerprint density at radius 1 is 1.25 bits per heavy atom. The van der Waals surface area contributed by atoms with E-state index in [9.17, 15) is 9.90 Å². The summed E-state index contributed by atoms with van der Waals surface area (Å²) in [6.45, 7) is 5.77. The van der Waals surface area contributed by atoms with Crippen LogP contribution in [-0.4, -0.2) is 53.0 Å². The number of benzene rings is 1. The average Bonchev–Trinajstić information content (AvgIpc) is 2.78. The molecule has 1 unspecified atom stereocenters. The second-order valence-electron chi connectivity index (χ2n) is 5.94. The summed E-state index contributed by atoms with van der Waals surface area (Å²) in [6, 6.07) is 5.74. The highest BCUT2D eigenvalue weighted by molar-refractivity contribution is 5.94. The number of phenols is 1. The number of carbonyl (C=O) groups is 1. The third kappa shape index (κ3) is 2.52. The monoisotopic (exact) mass is 274 g/mol. The van der Waals surface area contributed by atoms with Gasteiger partial charge in [-0.25, -0.2) is 0 Å². The molecule has 0 radical (unpaired) electrons. The molecule has 1 N–H and O–H groups in total. The van der Waals surface area contributed by atoms with Gasteiger partial charge in [-0.05, 0) is 50.4 Å². The van der Waals surface area contributed by atoms with Crippen LogP contribution in [0.3, 0.4) is 0 Å². The van der Waals surface area contributed by atoms with Crippen LogP contribution in [0.15, 0.2) is 18.2 Å². The van der Waals surface area contributed by atoms with Crippen LogP contribution in [0.4, 0.5) is 0 Å². The van der Waals surface area contributed by atoms with E-state index in [0.717, 1.165) is 31.6 Å². The first kappa shape index (κ1) is 13.4. The molecule has 0 bridgehead atoms. The van der Waals surface area contributed by atoms with Crippen molar-refractivity contribution in [1.82, 2.24) is 9.80 Å². The molecule has 1 aromatic rings. The molecule has 0 saturated carbocycles. The Morgan fingerprint density at radius 2 is 2.05 bits per heavy atom. The second-order valence-corrected chi connectivity index (χ2v) is 5.94. The summed E-state index contributed by atoms with van der Waals surface area (Å²) in [5, 5.41) is 9.77. The van der Waals surface area contributed by atoms with Gasteiger partial charge in [0.25, 0.3) is 5.91 Å². The molecule has 3 rings (SSSR count). The van der Waals surface area contributed by atoms with E-state index in [-0.39, 0.29) is 11.7 Å². The highest BCUT2D eigenvalue weighted by atomic mass is 16.3. The van der Waals surface area contributed by atoms with Crippen LogP contribution in [0.1, 0.15) is 35.2 Å². The molecule has 2 aliphatic heterocycles. The second kappa shape index (κ2) is 5.44. The van der Waals surface area contributed by atoms with Gasteiger partial charge in [-0.3, -0.25) is 9.69 Å². The number of rotatable bonds is 1. The molecule has 2 saturated heterocycles. The van der Waals surface area contributed by atoms with Crippen molar-refractivity contribution in [3.05, 3.63) is 29.3 Å². The van der Waals surface area contributed by atoms with Crippen molar-refractivity contribution in [3.63, 3.8) is 0 Å². The zero-order chi connectivity index (χ0) is 14.1. The number of fused-ring (bicyclic) bond motifs is 1. The number of aryl methyl sites for hydroxylation is 1. The van der Waals surface area contributed by atoms with Crippen LogP contribution in [0.25, 0.3) is 0 Å². The molecule has 1 amide bonds. The Balaban J connectivity index is 1.77. The lowest BCUT2D eigenvalue weighted by molar-refractivity contribution is 0.0743. The number of hydrogen-bond donors (Lipinski definition) is 1. The average molecular weight is 274 g/mol. The minimum atomic E-state index is 0.0500. The quantitative estimate of drug-likeness (QED) is 0.852. The van der Waals surface area contributed by atoms with Gasteiger partial charge in [-0.15, -0.1) is 0 Å². The normalized spacial score (nSPS) is 23.4. The van der Waals surface area contributed by atoms with E-state index in [0.29, 0.717) is 11.6 Å². The van der Waals surface area contributed by atoms with Crippen molar-refractivity contribution in [2.45, 2.75) is 32.2 Å². The van der Waals surface area contributed by atoms with Crippen LogP contribution in [0.5, 0.6) is 5.75 Å². The molecule has 2 heterocycles. The number of aromatic hydroxyl groups is 1. The molecular formula is C16H22N2O2. The zero-order valence-electron chi connectivity index (χ0n) is 12.0. The van der Waals surface area contributed by atoms with E-state index >= 15 is 0 Å². The fourth-order valence-corrected chi connectivity index (χ4v) is 3.32. The van der Waals surface area contributed by atoms with Crippen LogP contribution >= 0.6 is 0 Å². The van der Waals surface area contributed by atoms with Crippen LogP contribution in [-0.2, 0) is 0 Å². The molecule has 2 aliphatic rings. The predicted octanol–water partition coefficient (Wildman–Crippen LogP) is 2.01. The predicted molar refractivity (Wildman–Crippen MR) is 78.0 cm³/mol. The summed E-state index contributed by atoms with van der Waals surface area (Å²) >= 11 is 0. The highest BCUT2D eigenvalue weighted by Crippen LogP contribution is 2.23. The van der Waals surface area contributed by atoms with Crippen molar-refractivity contribution >= 4 is 5.91 Å². The first-order chi connectivity index (χ1) is 9.65. The van der Waals surface area contributed by atoms with E-state index in [1.54, 1.807) is 6.07 Å². The molecule has 4 heteroatoms. The SMILES string of the molecule is Cc1ccc(C(=O)N2CCCN3CCCC3C2)cc1O. The van der Waals surface area contributed by atoms with Crippen molar-refractivity contribution in [3.8, 4) is 5.75 Å². The van der Waals surface area contributed by atoms with Crippen molar-refractivity contribution in [1.29, 1.82) is 0 Å². The Morgan fingerprint density at radius 3 is 2.85 bits per heavy atom. The number of carbonyl (C=O) groups excluding carboxylic acids is 1. The maximum atomic E-state index is 12.6. The number of hydrogen-bond acceptors (Lipinski definition) is 3. The van der Waals surface area contributed by atoms with Gasteiger partial charge in [0.15, 0.2) is 0 Å². The van der Waals surface area contributed by atoms with E-state index in [4.69, 9.17) is 0 Å². The van der Waals surface area contributed by atoms with Crippen molar-refractivity contribution in [2.24, 2.45) is 0 Å². The summed E-state index contributed by atoms with van der Waals surface area (Å²) in [5.74, 6) is 0.252. The Kier molecular flexibility index (Phi) is 3.66. The van der Waals surface area contributed by atoms with Gasteiger partial charge in [-0.2, -0.15) is 0 Å². The molecule has 1 aromatic carbocycles.